The summed E-state index contributed by atoms with van der Waals surface area (Å²) in [4.78, 5) is 17.1. The maximum absolute atomic E-state index is 12.8. The highest BCUT2D eigenvalue weighted by Gasteiger charge is 2.21. The highest BCUT2D eigenvalue weighted by Crippen LogP contribution is 2.32. The number of amides is 1. The van der Waals surface area contributed by atoms with E-state index >= 15 is 0 Å². The molecule has 0 radical (unpaired) electrons. The molecule has 2 aromatic heterocycles. The minimum atomic E-state index is -0.0735. The van der Waals surface area contributed by atoms with Gasteiger partial charge in [0, 0.05) is 23.6 Å². The molecule has 7 heteroatoms. The van der Waals surface area contributed by atoms with E-state index in [0.717, 1.165) is 46.7 Å². The van der Waals surface area contributed by atoms with Gasteiger partial charge in [-0.3, -0.25) is 14.3 Å². The summed E-state index contributed by atoms with van der Waals surface area (Å²) in [5.74, 6) is 0.880. The second-order valence-electron chi connectivity index (χ2n) is 8.17. The fourth-order valence-electron chi connectivity index (χ4n) is 3.94. The number of carbonyl (C=O) groups is 1. The Morgan fingerprint density at radius 2 is 1.76 bits per heavy atom. The average molecular weight is 472 g/mol. The second-order valence-corrected chi connectivity index (χ2v) is 9.11. The first-order valence-corrected chi connectivity index (χ1v) is 12.5. The zero-order chi connectivity index (χ0) is 24.1. The number of para-hydroxylation sites is 1. The van der Waals surface area contributed by atoms with Crippen LogP contribution in [0.15, 0.2) is 66.1 Å². The lowest BCUT2D eigenvalue weighted by Crippen LogP contribution is -2.15. The minimum absolute atomic E-state index is 0.0735. The Morgan fingerprint density at radius 3 is 2.44 bits per heavy atom. The van der Waals surface area contributed by atoms with Crippen molar-refractivity contribution in [3.05, 3.63) is 83.2 Å². The van der Waals surface area contributed by atoms with E-state index in [9.17, 15) is 4.79 Å². The molecule has 1 amide bonds. The molecule has 2 aromatic carbocycles. The van der Waals surface area contributed by atoms with Crippen LogP contribution in [-0.4, -0.2) is 31.4 Å². The topological polar surface area (TPSA) is 72.7 Å². The number of thioether (sulfide) groups is 1. The van der Waals surface area contributed by atoms with Crippen LogP contribution in [0.5, 0.6) is 0 Å². The Hall–Kier alpha value is -3.45. The number of hydrogen-bond acceptors (Lipinski definition) is 5. The maximum Gasteiger partial charge on any atom is 0.234 e. The van der Waals surface area contributed by atoms with Crippen LogP contribution in [0.2, 0.25) is 0 Å². The molecule has 0 unspecified atom stereocenters. The highest BCUT2D eigenvalue weighted by molar-refractivity contribution is 7.99. The van der Waals surface area contributed by atoms with Crippen LogP contribution in [0, 0.1) is 13.8 Å². The number of aromatic nitrogens is 4. The van der Waals surface area contributed by atoms with Crippen LogP contribution in [0.4, 0.5) is 5.69 Å². The summed E-state index contributed by atoms with van der Waals surface area (Å²) in [5.41, 5.74) is 7.39. The molecule has 0 saturated carbocycles. The van der Waals surface area contributed by atoms with E-state index in [2.05, 4.69) is 57.1 Å². The molecule has 0 aliphatic heterocycles. The summed E-state index contributed by atoms with van der Waals surface area (Å²) in [5, 5.41) is 12.7. The largest absolute Gasteiger partial charge is 0.325 e. The van der Waals surface area contributed by atoms with Gasteiger partial charge in [0.05, 0.1) is 11.4 Å². The molecule has 2 heterocycles. The van der Waals surface area contributed by atoms with Crippen molar-refractivity contribution in [3.8, 4) is 17.1 Å². The Bertz CT molecular complexity index is 1280. The standard InChI is InChI=1S/C27H29N5OS/c1-5-20-9-7-10-21(6-2)25(20)32-26(22-11-8-14-28-16-22)30-31-27(32)34-17-24(33)29-23-15-18(3)12-13-19(23)4/h7-16H,5-6,17H2,1-4H3,(H,29,33). The van der Waals surface area contributed by atoms with E-state index < -0.39 is 0 Å². The fraction of sp³-hybridized carbons (Fsp3) is 0.259. The summed E-state index contributed by atoms with van der Waals surface area (Å²) >= 11 is 1.39. The number of rotatable bonds is 8. The highest BCUT2D eigenvalue weighted by atomic mass is 32.2. The first kappa shape index (κ1) is 23.7. The number of pyridine rings is 1. The van der Waals surface area contributed by atoms with Gasteiger partial charge in [-0.2, -0.15) is 0 Å². The van der Waals surface area contributed by atoms with Gasteiger partial charge in [0.2, 0.25) is 5.91 Å². The summed E-state index contributed by atoms with van der Waals surface area (Å²) in [6.45, 7) is 8.31. The molecule has 4 aromatic rings. The molecule has 0 atom stereocenters. The van der Waals surface area contributed by atoms with Gasteiger partial charge in [-0.1, -0.05) is 55.9 Å². The minimum Gasteiger partial charge on any atom is -0.325 e. The predicted molar refractivity (Wildman–Crippen MR) is 139 cm³/mol. The fourth-order valence-corrected chi connectivity index (χ4v) is 4.67. The normalized spacial score (nSPS) is 10.9. The van der Waals surface area contributed by atoms with E-state index in [1.54, 1.807) is 12.4 Å². The number of carbonyl (C=O) groups excluding carboxylic acids is 1. The summed E-state index contributed by atoms with van der Waals surface area (Å²) in [6.07, 6.45) is 5.30. The summed E-state index contributed by atoms with van der Waals surface area (Å²) in [6, 6.07) is 16.3. The molecule has 0 bridgehead atoms. The van der Waals surface area contributed by atoms with Crippen molar-refractivity contribution >= 4 is 23.4 Å². The lowest BCUT2D eigenvalue weighted by Gasteiger charge is -2.18. The van der Waals surface area contributed by atoms with E-state index in [1.165, 1.54) is 22.9 Å². The van der Waals surface area contributed by atoms with Gasteiger partial charge in [0.25, 0.3) is 0 Å². The molecule has 174 valence electrons. The molecule has 0 aliphatic rings. The number of hydrogen-bond donors (Lipinski definition) is 1. The molecule has 0 fully saturated rings. The molecule has 0 saturated heterocycles. The molecular weight excluding hydrogens is 442 g/mol. The van der Waals surface area contributed by atoms with Crippen molar-refractivity contribution in [2.45, 2.75) is 45.7 Å². The van der Waals surface area contributed by atoms with Gasteiger partial charge in [0.1, 0.15) is 0 Å². The zero-order valence-electron chi connectivity index (χ0n) is 20.0. The summed E-state index contributed by atoms with van der Waals surface area (Å²) < 4.78 is 2.09. The molecular formula is C27H29N5OS. The van der Waals surface area contributed by atoms with Crippen LogP contribution in [0.1, 0.15) is 36.1 Å². The number of benzene rings is 2. The van der Waals surface area contributed by atoms with Crippen molar-refractivity contribution in [3.63, 3.8) is 0 Å². The van der Waals surface area contributed by atoms with Gasteiger partial charge < -0.3 is 5.32 Å². The van der Waals surface area contributed by atoms with Crippen LogP contribution in [0.3, 0.4) is 0 Å². The number of nitrogens with zero attached hydrogens (tertiary/aromatic N) is 4. The third-order valence-corrected chi connectivity index (χ3v) is 6.67. The molecule has 4 rings (SSSR count). The Labute approximate surface area is 204 Å². The Balaban J connectivity index is 1.70. The summed E-state index contributed by atoms with van der Waals surface area (Å²) in [7, 11) is 0. The van der Waals surface area contributed by atoms with Crippen LogP contribution in [-0.2, 0) is 17.6 Å². The van der Waals surface area contributed by atoms with E-state index in [0.29, 0.717) is 5.16 Å². The molecule has 1 N–H and O–H groups in total. The molecule has 34 heavy (non-hydrogen) atoms. The van der Waals surface area contributed by atoms with Crippen molar-refractivity contribution in [2.75, 3.05) is 11.1 Å². The molecule has 6 nitrogen and oxygen atoms in total. The van der Waals surface area contributed by atoms with Gasteiger partial charge in [0.15, 0.2) is 11.0 Å². The van der Waals surface area contributed by atoms with Gasteiger partial charge >= 0.3 is 0 Å². The number of anilines is 1. The maximum atomic E-state index is 12.8. The second kappa shape index (κ2) is 10.7. The van der Waals surface area contributed by atoms with Crippen molar-refractivity contribution in [1.82, 2.24) is 19.7 Å². The van der Waals surface area contributed by atoms with Crippen LogP contribution < -0.4 is 5.32 Å². The number of aryl methyl sites for hydroxylation is 4. The van der Waals surface area contributed by atoms with Gasteiger partial charge in [-0.25, -0.2) is 0 Å². The van der Waals surface area contributed by atoms with Crippen molar-refractivity contribution in [1.29, 1.82) is 0 Å². The quantitative estimate of drug-likeness (QED) is 0.329. The van der Waals surface area contributed by atoms with E-state index in [1.807, 2.05) is 44.2 Å². The van der Waals surface area contributed by atoms with Crippen molar-refractivity contribution in [2.24, 2.45) is 0 Å². The monoisotopic (exact) mass is 471 g/mol. The van der Waals surface area contributed by atoms with E-state index in [4.69, 9.17) is 0 Å². The average Bonchev–Trinajstić information content (AvgIpc) is 3.28. The lowest BCUT2D eigenvalue weighted by atomic mass is 10.0. The third kappa shape index (κ3) is 5.04. The predicted octanol–water partition coefficient (Wildman–Crippen LogP) is 5.80. The number of nitrogens with one attached hydrogen (secondary N) is 1. The van der Waals surface area contributed by atoms with Gasteiger partial charge in [-0.05, 0) is 67.1 Å². The molecule has 0 spiro atoms. The smallest absolute Gasteiger partial charge is 0.234 e. The first-order valence-electron chi connectivity index (χ1n) is 11.5. The van der Waals surface area contributed by atoms with Crippen LogP contribution in [0.25, 0.3) is 17.1 Å². The Morgan fingerprint density at radius 1 is 1.00 bits per heavy atom. The third-order valence-electron chi connectivity index (χ3n) is 5.74. The Kier molecular flexibility index (Phi) is 7.43. The lowest BCUT2D eigenvalue weighted by molar-refractivity contribution is -0.113. The van der Waals surface area contributed by atoms with Gasteiger partial charge in [-0.15, -0.1) is 10.2 Å². The SMILES string of the molecule is CCc1cccc(CC)c1-n1c(SCC(=O)Nc2cc(C)ccc2C)nnc1-c1cccnc1. The van der Waals surface area contributed by atoms with E-state index in [-0.39, 0.29) is 11.7 Å². The van der Waals surface area contributed by atoms with Crippen LogP contribution >= 0.6 is 11.8 Å². The first-order chi connectivity index (χ1) is 16.5. The van der Waals surface area contributed by atoms with Crippen molar-refractivity contribution < 1.29 is 4.79 Å². The zero-order valence-corrected chi connectivity index (χ0v) is 20.8. The molecule has 0 aliphatic carbocycles.